The molecule has 0 aliphatic rings. The Morgan fingerprint density at radius 2 is 1.85 bits per heavy atom. The Kier molecular flexibility index (Phi) is 3.65. The van der Waals surface area contributed by atoms with Gasteiger partial charge in [-0.05, 0) is 48.6 Å². The van der Waals surface area contributed by atoms with E-state index in [4.69, 9.17) is 0 Å². The number of alkyl halides is 1. The summed E-state index contributed by atoms with van der Waals surface area (Å²) in [5.74, 6) is -0.177. The molecule has 0 aliphatic carbocycles. The Hall–Kier alpha value is -1.19. The molecule has 3 rings (SSSR count). The van der Waals surface area contributed by atoms with Crippen LogP contribution in [0.25, 0.3) is 10.1 Å². The van der Waals surface area contributed by atoms with Gasteiger partial charge in [0.1, 0.15) is 5.82 Å². The first-order valence-electron chi connectivity index (χ1n) is 6.45. The van der Waals surface area contributed by atoms with Gasteiger partial charge in [-0.25, -0.2) is 4.39 Å². The number of benzene rings is 2. The number of halogens is 2. The second-order valence-electron chi connectivity index (χ2n) is 5.05. The van der Waals surface area contributed by atoms with Crippen molar-refractivity contribution in [2.45, 2.75) is 18.7 Å². The molecule has 0 amide bonds. The van der Waals surface area contributed by atoms with E-state index in [2.05, 4.69) is 54.0 Å². The van der Waals surface area contributed by atoms with Crippen LogP contribution in [0.15, 0.2) is 42.5 Å². The molecule has 0 fully saturated rings. The largest absolute Gasteiger partial charge is 0.207 e. The molecule has 0 spiro atoms. The fourth-order valence-electron chi connectivity index (χ4n) is 2.41. The molecule has 1 aromatic heterocycles. The highest BCUT2D eigenvalue weighted by Crippen LogP contribution is 2.39. The van der Waals surface area contributed by atoms with Gasteiger partial charge in [-0.2, -0.15) is 0 Å². The second kappa shape index (κ2) is 5.30. The van der Waals surface area contributed by atoms with Gasteiger partial charge >= 0.3 is 0 Å². The zero-order valence-electron chi connectivity index (χ0n) is 11.3. The number of hydrogen-bond acceptors (Lipinski definition) is 1. The van der Waals surface area contributed by atoms with E-state index in [9.17, 15) is 4.39 Å². The van der Waals surface area contributed by atoms with Crippen LogP contribution in [0, 0.1) is 19.7 Å². The van der Waals surface area contributed by atoms with E-state index in [1.807, 2.05) is 6.07 Å². The van der Waals surface area contributed by atoms with Crippen LogP contribution in [-0.4, -0.2) is 0 Å². The summed E-state index contributed by atoms with van der Waals surface area (Å²) < 4.78 is 14.3. The van der Waals surface area contributed by atoms with Crippen molar-refractivity contribution in [2.75, 3.05) is 0 Å². The Labute approximate surface area is 130 Å². The summed E-state index contributed by atoms with van der Waals surface area (Å²) in [4.78, 5) is 1.36. The van der Waals surface area contributed by atoms with Gasteiger partial charge in [0.25, 0.3) is 0 Å². The number of aryl methyl sites for hydroxylation is 2. The van der Waals surface area contributed by atoms with Crippen LogP contribution in [0.2, 0.25) is 0 Å². The fraction of sp³-hybridized carbons (Fsp3) is 0.176. The van der Waals surface area contributed by atoms with E-state index in [-0.39, 0.29) is 10.6 Å². The summed E-state index contributed by atoms with van der Waals surface area (Å²) in [6, 6.07) is 13.6. The average Bonchev–Trinajstić information content (AvgIpc) is 2.81. The maximum absolute atomic E-state index is 13.3. The molecule has 0 radical (unpaired) electrons. The van der Waals surface area contributed by atoms with Crippen molar-refractivity contribution in [2.24, 2.45) is 0 Å². The lowest BCUT2D eigenvalue weighted by Crippen LogP contribution is -1.93. The van der Waals surface area contributed by atoms with Gasteiger partial charge in [-0.3, -0.25) is 0 Å². The lowest BCUT2D eigenvalue weighted by Gasteiger charge is -2.12. The van der Waals surface area contributed by atoms with Crippen LogP contribution < -0.4 is 0 Å². The predicted molar refractivity (Wildman–Crippen MR) is 88.5 cm³/mol. The number of fused-ring (bicyclic) bond motifs is 1. The molecule has 0 saturated heterocycles. The van der Waals surface area contributed by atoms with E-state index < -0.39 is 0 Å². The van der Waals surface area contributed by atoms with Gasteiger partial charge in [0.15, 0.2) is 0 Å². The molecule has 1 atom stereocenters. The average molecular weight is 349 g/mol. The van der Waals surface area contributed by atoms with Crippen molar-refractivity contribution in [3.63, 3.8) is 0 Å². The molecule has 0 saturated carbocycles. The third-order valence-electron chi connectivity index (χ3n) is 3.45. The minimum absolute atomic E-state index is 0.156. The van der Waals surface area contributed by atoms with Crippen LogP contribution >= 0.6 is 27.3 Å². The lowest BCUT2D eigenvalue weighted by molar-refractivity contribution is 0.630. The molecule has 3 heteroatoms. The molecular formula is C17H14BrFS. The van der Waals surface area contributed by atoms with Gasteiger partial charge in [0.05, 0.1) is 4.83 Å². The second-order valence-corrected chi connectivity index (χ2v) is 7.08. The van der Waals surface area contributed by atoms with Crippen LogP contribution in [-0.2, 0) is 0 Å². The maximum Gasteiger partial charge on any atom is 0.124 e. The number of hydrogen-bond donors (Lipinski definition) is 0. The first-order chi connectivity index (χ1) is 9.54. The summed E-state index contributed by atoms with van der Waals surface area (Å²) in [7, 11) is 0. The summed E-state index contributed by atoms with van der Waals surface area (Å²) in [6.45, 7) is 4.23. The topological polar surface area (TPSA) is 0 Å². The van der Waals surface area contributed by atoms with Crippen molar-refractivity contribution in [1.82, 2.24) is 0 Å². The van der Waals surface area contributed by atoms with Gasteiger partial charge in [0, 0.05) is 9.58 Å². The molecule has 0 N–H and O–H groups in total. The first-order valence-corrected chi connectivity index (χ1v) is 8.18. The summed E-state index contributed by atoms with van der Waals surface area (Å²) in [6.07, 6.45) is 0. The Morgan fingerprint density at radius 3 is 2.60 bits per heavy atom. The van der Waals surface area contributed by atoms with Crippen molar-refractivity contribution < 1.29 is 4.39 Å². The fourth-order valence-corrected chi connectivity index (χ4v) is 4.43. The minimum Gasteiger partial charge on any atom is -0.207 e. The summed E-state index contributed by atoms with van der Waals surface area (Å²) in [5, 5.41) is 1.10. The first kappa shape index (κ1) is 13.8. The monoisotopic (exact) mass is 348 g/mol. The SMILES string of the molecule is Cc1ccc(C(Br)c2cc3ccc(F)cc3s2)c(C)c1. The predicted octanol–water partition coefficient (Wildman–Crippen LogP) is 6.14. The van der Waals surface area contributed by atoms with Crippen molar-refractivity contribution in [3.05, 3.63) is 69.8 Å². The zero-order chi connectivity index (χ0) is 14.3. The normalized spacial score (nSPS) is 12.8. The van der Waals surface area contributed by atoms with Crippen LogP contribution in [0.3, 0.4) is 0 Å². The highest BCUT2D eigenvalue weighted by Gasteiger charge is 2.15. The molecule has 102 valence electrons. The van der Waals surface area contributed by atoms with E-state index in [0.717, 1.165) is 10.1 Å². The lowest BCUT2D eigenvalue weighted by atomic mass is 10.0. The van der Waals surface area contributed by atoms with Crippen molar-refractivity contribution in [3.8, 4) is 0 Å². The highest BCUT2D eigenvalue weighted by atomic mass is 79.9. The van der Waals surface area contributed by atoms with E-state index in [0.29, 0.717) is 0 Å². The Morgan fingerprint density at radius 1 is 1.05 bits per heavy atom. The standard InChI is InChI=1S/C17H14BrFS/c1-10-3-6-14(11(2)7-10)17(18)16-8-12-4-5-13(19)9-15(12)20-16/h3-9,17H,1-2H3. The Balaban J connectivity index is 2.05. The van der Waals surface area contributed by atoms with E-state index >= 15 is 0 Å². The van der Waals surface area contributed by atoms with Gasteiger partial charge in [0.2, 0.25) is 0 Å². The maximum atomic E-state index is 13.3. The molecule has 1 heterocycles. The van der Waals surface area contributed by atoms with Crippen molar-refractivity contribution in [1.29, 1.82) is 0 Å². The van der Waals surface area contributed by atoms with Crippen LogP contribution in [0.5, 0.6) is 0 Å². The quantitative estimate of drug-likeness (QED) is 0.487. The van der Waals surface area contributed by atoms with E-state index in [1.54, 1.807) is 17.4 Å². The molecule has 0 nitrogen and oxygen atoms in total. The zero-order valence-corrected chi connectivity index (χ0v) is 13.7. The molecular weight excluding hydrogens is 335 g/mol. The molecule has 0 bridgehead atoms. The van der Waals surface area contributed by atoms with E-state index in [1.165, 1.54) is 27.6 Å². The molecule has 0 aliphatic heterocycles. The van der Waals surface area contributed by atoms with Gasteiger partial charge in [-0.1, -0.05) is 45.8 Å². The molecule has 3 aromatic rings. The van der Waals surface area contributed by atoms with Crippen LogP contribution in [0.4, 0.5) is 4.39 Å². The third kappa shape index (κ3) is 2.52. The molecule has 2 aromatic carbocycles. The highest BCUT2D eigenvalue weighted by molar-refractivity contribution is 9.09. The third-order valence-corrected chi connectivity index (χ3v) is 5.90. The Bertz CT molecular complexity index is 776. The van der Waals surface area contributed by atoms with Gasteiger partial charge in [-0.15, -0.1) is 11.3 Å². The molecule has 1 unspecified atom stereocenters. The van der Waals surface area contributed by atoms with Crippen LogP contribution in [0.1, 0.15) is 26.4 Å². The smallest absolute Gasteiger partial charge is 0.124 e. The summed E-state index contributed by atoms with van der Waals surface area (Å²) in [5.41, 5.74) is 3.81. The van der Waals surface area contributed by atoms with Crippen molar-refractivity contribution >= 4 is 37.4 Å². The summed E-state index contributed by atoms with van der Waals surface area (Å²) >= 11 is 5.42. The number of rotatable bonds is 2. The molecule has 20 heavy (non-hydrogen) atoms. The number of thiophene rings is 1. The minimum atomic E-state index is -0.177. The van der Waals surface area contributed by atoms with Gasteiger partial charge < -0.3 is 0 Å².